The summed E-state index contributed by atoms with van der Waals surface area (Å²) in [5.74, 6) is 0.427. The van der Waals surface area contributed by atoms with Crippen molar-refractivity contribution in [2.75, 3.05) is 5.32 Å². The van der Waals surface area contributed by atoms with Crippen molar-refractivity contribution >= 4 is 53.5 Å². The van der Waals surface area contributed by atoms with Gasteiger partial charge in [-0.15, -0.1) is 0 Å². The SMILES string of the molecule is Fc1ccccc1COc1c(Br)cc(Br)cc1CNc1ccc(Br)cc1. The number of halogens is 4. The van der Waals surface area contributed by atoms with Gasteiger partial charge in [-0.3, -0.25) is 0 Å². The fourth-order valence-electron chi connectivity index (χ4n) is 2.44. The average molecular weight is 544 g/mol. The van der Waals surface area contributed by atoms with Gasteiger partial charge in [0.15, 0.2) is 0 Å². The minimum Gasteiger partial charge on any atom is -0.487 e. The summed E-state index contributed by atoms with van der Waals surface area (Å²) in [5, 5.41) is 3.38. The lowest BCUT2D eigenvalue weighted by atomic mass is 10.2. The maximum Gasteiger partial charge on any atom is 0.139 e. The van der Waals surface area contributed by atoms with E-state index in [9.17, 15) is 4.39 Å². The second-order valence-corrected chi connectivity index (χ2v) is 8.30. The minimum absolute atomic E-state index is 0.165. The summed E-state index contributed by atoms with van der Waals surface area (Å²) in [6.07, 6.45) is 0. The van der Waals surface area contributed by atoms with E-state index in [0.29, 0.717) is 17.9 Å². The lowest BCUT2D eigenvalue weighted by molar-refractivity contribution is 0.295. The molecule has 0 aromatic heterocycles. The first kappa shape index (κ1) is 19.4. The van der Waals surface area contributed by atoms with Crippen molar-refractivity contribution in [2.45, 2.75) is 13.2 Å². The molecule has 0 amide bonds. The molecule has 0 aliphatic carbocycles. The van der Waals surface area contributed by atoms with Gasteiger partial charge in [0.1, 0.15) is 18.2 Å². The highest BCUT2D eigenvalue weighted by Crippen LogP contribution is 2.34. The molecule has 0 saturated heterocycles. The topological polar surface area (TPSA) is 21.3 Å². The number of anilines is 1. The van der Waals surface area contributed by atoms with E-state index in [1.165, 1.54) is 6.07 Å². The van der Waals surface area contributed by atoms with Gasteiger partial charge in [0, 0.05) is 32.3 Å². The van der Waals surface area contributed by atoms with Crippen molar-refractivity contribution in [2.24, 2.45) is 0 Å². The fourth-order valence-corrected chi connectivity index (χ4v) is 4.13. The number of benzene rings is 3. The summed E-state index contributed by atoms with van der Waals surface area (Å²) in [4.78, 5) is 0. The molecule has 0 heterocycles. The van der Waals surface area contributed by atoms with Crippen molar-refractivity contribution in [1.82, 2.24) is 0 Å². The van der Waals surface area contributed by atoms with Gasteiger partial charge in [-0.05, 0) is 58.4 Å². The van der Waals surface area contributed by atoms with Crippen LogP contribution in [0.4, 0.5) is 10.1 Å². The van der Waals surface area contributed by atoms with Crippen LogP contribution in [-0.4, -0.2) is 0 Å². The lowest BCUT2D eigenvalue weighted by Gasteiger charge is -2.16. The van der Waals surface area contributed by atoms with E-state index in [1.807, 2.05) is 36.4 Å². The van der Waals surface area contributed by atoms with Crippen LogP contribution in [-0.2, 0) is 13.2 Å². The summed E-state index contributed by atoms with van der Waals surface area (Å²) in [6, 6.07) is 18.5. The first-order chi connectivity index (χ1) is 12.5. The Balaban J connectivity index is 1.78. The predicted octanol–water partition coefficient (Wildman–Crippen LogP) is 7.30. The third kappa shape index (κ3) is 5.09. The molecule has 134 valence electrons. The maximum atomic E-state index is 13.8. The smallest absolute Gasteiger partial charge is 0.139 e. The monoisotopic (exact) mass is 541 g/mol. The Morgan fingerprint density at radius 3 is 2.31 bits per heavy atom. The van der Waals surface area contributed by atoms with Crippen molar-refractivity contribution in [3.63, 3.8) is 0 Å². The molecule has 0 atom stereocenters. The standard InChI is InChI=1S/C20H15Br3FNO/c21-15-5-7-17(8-6-15)25-11-14-9-16(22)10-18(23)20(14)26-12-13-3-1-2-4-19(13)24/h1-10,25H,11-12H2. The highest BCUT2D eigenvalue weighted by atomic mass is 79.9. The third-order valence-electron chi connectivity index (χ3n) is 3.74. The van der Waals surface area contributed by atoms with Crippen LogP contribution in [0.2, 0.25) is 0 Å². The van der Waals surface area contributed by atoms with Gasteiger partial charge in [-0.2, -0.15) is 0 Å². The molecule has 0 unspecified atom stereocenters. The molecule has 0 fully saturated rings. The van der Waals surface area contributed by atoms with Crippen LogP contribution >= 0.6 is 47.8 Å². The molecule has 1 N–H and O–H groups in total. The van der Waals surface area contributed by atoms with Gasteiger partial charge >= 0.3 is 0 Å². The first-order valence-corrected chi connectivity index (χ1v) is 10.2. The Morgan fingerprint density at radius 1 is 0.846 bits per heavy atom. The minimum atomic E-state index is -0.268. The van der Waals surface area contributed by atoms with E-state index in [-0.39, 0.29) is 12.4 Å². The Bertz CT molecular complexity index is 900. The predicted molar refractivity (Wildman–Crippen MR) is 114 cm³/mol. The Kier molecular flexibility index (Phi) is 6.73. The van der Waals surface area contributed by atoms with E-state index < -0.39 is 0 Å². The Labute approximate surface area is 177 Å². The summed E-state index contributed by atoms with van der Waals surface area (Å²) >= 11 is 10.5. The van der Waals surface area contributed by atoms with Crippen molar-refractivity contribution in [3.05, 3.63) is 91.0 Å². The number of hydrogen-bond donors (Lipinski definition) is 1. The molecule has 3 aromatic rings. The van der Waals surface area contributed by atoms with Crippen LogP contribution in [0.3, 0.4) is 0 Å². The first-order valence-electron chi connectivity index (χ1n) is 7.86. The fraction of sp³-hybridized carbons (Fsp3) is 0.100. The number of ether oxygens (including phenoxy) is 1. The van der Waals surface area contributed by atoms with E-state index in [2.05, 4.69) is 53.1 Å². The molecule has 0 saturated carbocycles. The van der Waals surface area contributed by atoms with Crippen LogP contribution in [0.1, 0.15) is 11.1 Å². The van der Waals surface area contributed by atoms with Gasteiger partial charge in [0.25, 0.3) is 0 Å². The number of nitrogens with one attached hydrogen (secondary N) is 1. The molecule has 0 bridgehead atoms. The van der Waals surface area contributed by atoms with E-state index in [1.54, 1.807) is 18.2 Å². The van der Waals surface area contributed by atoms with Gasteiger partial charge in [-0.25, -0.2) is 4.39 Å². The van der Waals surface area contributed by atoms with E-state index >= 15 is 0 Å². The summed E-state index contributed by atoms with van der Waals surface area (Å²) in [6.45, 7) is 0.741. The average Bonchev–Trinajstić information content (AvgIpc) is 2.61. The number of rotatable bonds is 6. The zero-order valence-electron chi connectivity index (χ0n) is 13.6. The Morgan fingerprint density at radius 2 is 1.58 bits per heavy atom. The molecule has 3 aromatic carbocycles. The van der Waals surface area contributed by atoms with Crippen LogP contribution in [0.25, 0.3) is 0 Å². The molecular weight excluding hydrogens is 529 g/mol. The summed E-state index contributed by atoms with van der Waals surface area (Å²) in [7, 11) is 0. The van der Waals surface area contributed by atoms with Gasteiger partial charge in [-0.1, -0.05) is 50.1 Å². The maximum absolute atomic E-state index is 13.8. The second-order valence-electron chi connectivity index (χ2n) is 5.62. The molecule has 0 radical (unpaired) electrons. The quantitative estimate of drug-likeness (QED) is 0.352. The van der Waals surface area contributed by atoms with E-state index in [4.69, 9.17) is 4.74 Å². The zero-order chi connectivity index (χ0) is 18.5. The van der Waals surface area contributed by atoms with Gasteiger partial charge in [0.05, 0.1) is 4.47 Å². The Hall–Kier alpha value is -1.37. The molecule has 0 spiro atoms. The molecule has 6 heteroatoms. The van der Waals surface area contributed by atoms with Gasteiger partial charge in [0.2, 0.25) is 0 Å². The molecule has 0 aliphatic heterocycles. The highest BCUT2D eigenvalue weighted by molar-refractivity contribution is 9.11. The summed E-state index contributed by atoms with van der Waals surface area (Å²) in [5.41, 5.74) is 2.49. The molecule has 26 heavy (non-hydrogen) atoms. The van der Waals surface area contributed by atoms with Crippen LogP contribution in [0.5, 0.6) is 5.75 Å². The highest BCUT2D eigenvalue weighted by Gasteiger charge is 2.12. The van der Waals surface area contributed by atoms with E-state index in [0.717, 1.165) is 24.7 Å². The molecule has 2 nitrogen and oxygen atoms in total. The molecule has 3 rings (SSSR count). The normalized spacial score (nSPS) is 10.6. The van der Waals surface area contributed by atoms with Crippen molar-refractivity contribution in [3.8, 4) is 5.75 Å². The largest absolute Gasteiger partial charge is 0.487 e. The summed E-state index contributed by atoms with van der Waals surface area (Å²) < 4.78 is 22.6. The second kappa shape index (κ2) is 9.02. The van der Waals surface area contributed by atoms with Gasteiger partial charge < -0.3 is 10.1 Å². The lowest BCUT2D eigenvalue weighted by Crippen LogP contribution is -2.05. The van der Waals surface area contributed by atoms with Crippen molar-refractivity contribution < 1.29 is 9.13 Å². The molecular formula is C20H15Br3FNO. The molecule has 0 aliphatic rings. The van der Waals surface area contributed by atoms with Crippen molar-refractivity contribution in [1.29, 1.82) is 0 Å². The van der Waals surface area contributed by atoms with Crippen LogP contribution in [0.15, 0.2) is 74.1 Å². The third-order valence-corrected chi connectivity index (χ3v) is 5.32. The van der Waals surface area contributed by atoms with Crippen LogP contribution in [0, 0.1) is 5.82 Å². The zero-order valence-corrected chi connectivity index (χ0v) is 18.4. The van der Waals surface area contributed by atoms with Crippen LogP contribution < -0.4 is 10.1 Å². The number of hydrogen-bond acceptors (Lipinski definition) is 2.